The van der Waals surface area contributed by atoms with E-state index >= 15 is 0 Å². The van der Waals surface area contributed by atoms with E-state index in [9.17, 15) is 14.4 Å². The molecule has 6 nitrogen and oxygen atoms in total. The normalized spacial score (nSPS) is 13.0. The Balaban J connectivity index is 1.58. The summed E-state index contributed by atoms with van der Waals surface area (Å²) in [4.78, 5) is 38.7. The van der Waals surface area contributed by atoms with Gasteiger partial charge < -0.3 is 9.73 Å². The van der Waals surface area contributed by atoms with Crippen LogP contribution in [0.15, 0.2) is 69.8 Å². The Labute approximate surface area is 162 Å². The number of benzene rings is 2. The number of furan rings is 1. The van der Waals surface area contributed by atoms with Gasteiger partial charge in [-0.3, -0.25) is 19.3 Å². The molecule has 4 rings (SSSR count). The number of amides is 3. The Morgan fingerprint density at radius 1 is 1.00 bits per heavy atom. The Hall–Kier alpha value is -3.19. The first kappa shape index (κ1) is 17.2. The number of halogens is 1. The molecule has 0 atom stereocenters. The lowest BCUT2D eigenvalue weighted by Gasteiger charge is -2.11. The molecule has 27 heavy (non-hydrogen) atoms. The van der Waals surface area contributed by atoms with Crippen molar-refractivity contribution in [2.75, 3.05) is 5.32 Å². The van der Waals surface area contributed by atoms with Gasteiger partial charge in [0.2, 0.25) is 0 Å². The van der Waals surface area contributed by atoms with Crippen LogP contribution in [0.2, 0.25) is 0 Å². The summed E-state index contributed by atoms with van der Waals surface area (Å²) in [6.45, 7) is 0.0545. The van der Waals surface area contributed by atoms with E-state index in [0.717, 1.165) is 9.37 Å². The maximum Gasteiger partial charge on any atom is 0.261 e. The largest absolute Gasteiger partial charge is 0.467 e. The van der Waals surface area contributed by atoms with Crippen molar-refractivity contribution in [3.63, 3.8) is 0 Å². The van der Waals surface area contributed by atoms with Gasteiger partial charge in [-0.05, 0) is 48.5 Å². The average molecular weight is 425 g/mol. The molecule has 7 heteroatoms. The zero-order valence-electron chi connectivity index (χ0n) is 13.9. The Bertz CT molecular complexity index is 1060. The highest BCUT2D eigenvalue weighted by molar-refractivity contribution is 9.10. The van der Waals surface area contributed by atoms with Gasteiger partial charge in [0.05, 0.1) is 23.9 Å². The summed E-state index contributed by atoms with van der Waals surface area (Å²) >= 11 is 3.35. The van der Waals surface area contributed by atoms with Crippen LogP contribution in [0.25, 0.3) is 0 Å². The first-order valence-electron chi connectivity index (χ1n) is 8.12. The van der Waals surface area contributed by atoms with Crippen molar-refractivity contribution in [2.45, 2.75) is 6.54 Å². The molecule has 1 aliphatic rings. The summed E-state index contributed by atoms with van der Waals surface area (Å²) in [6.07, 6.45) is 1.48. The minimum absolute atomic E-state index is 0.0545. The van der Waals surface area contributed by atoms with Gasteiger partial charge in [0, 0.05) is 15.7 Å². The molecule has 0 spiro atoms. The summed E-state index contributed by atoms with van der Waals surface area (Å²) in [5.74, 6) is -0.688. The Kier molecular flexibility index (Phi) is 4.37. The first-order chi connectivity index (χ1) is 13.0. The van der Waals surface area contributed by atoms with E-state index in [0.29, 0.717) is 17.0 Å². The van der Waals surface area contributed by atoms with Crippen LogP contribution in [0.4, 0.5) is 5.69 Å². The van der Waals surface area contributed by atoms with E-state index in [2.05, 4.69) is 21.2 Å². The van der Waals surface area contributed by atoms with Gasteiger partial charge in [-0.2, -0.15) is 0 Å². The molecule has 1 aliphatic heterocycles. The van der Waals surface area contributed by atoms with Crippen LogP contribution >= 0.6 is 15.9 Å². The molecule has 0 unspecified atom stereocenters. The second kappa shape index (κ2) is 6.85. The molecular formula is C20H13BrN2O4. The fourth-order valence-corrected chi connectivity index (χ4v) is 3.30. The van der Waals surface area contributed by atoms with E-state index in [4.69, 9.17) is 4.42 Å². The third-order valence-corrected chi connectivity index (χ3v) is 4.70. The molecule has 0 saturated carbocycles. The molecule has 3 amide bonds. The summed E-state index contributed by atoms with van der Waals surface area (Å²) in [7, 11) is 0. The number of nitrogens with one attached hydrogen (secondary N) is 1. The number of rotatable bonds is 4. The molecule has 0 aliphatic carbocycles. The highest BCUT2D eigenvalue weighted by Crippen LogP contribution is 2.26. The molecule has 1 N–H and O–H groups in total. The van der Waals surface area contributed by atoms with Crippen molar-refractivity contribution >= 4 is 39.3 Å². The Morgan fingerprint density at radius 2 is 1.81 bits per heavy atom. The summed E-state index contributed by atoms with van der Waals surface area (Å²) in [5.41, 5.74) is 1.42. The van der Waals surface area contributed by atoms with Crippen LogP contribution in [0, 0.1) is 0 Å². The van der Waals surface area contributed by atoms with Crippen molar-refractivity contribution in [3.05, 3.63) is 87.8 Å². The minimum Gasteiger partial charge on any atom is -0.467 e. The molecule has 134 valence electrons. The number of carbonyl (C=O) groups excluding carboxylic acids is 3. The average Bonchev–Trinajstić information content (AvgIpc) is 3.25. The first-order valence-corrected chi connectivity index (χ1v) is 8.92. The Morgan fingerprint density at radius 3 is 2.56 bits per heavy atom. The van der Waals surface area contributed by atoms with Crippen molar-refractivity contribution in [2.24, 2.45) is 0 Å². The van der Waals surface area contributed by atoms with Crippen LogP contribution in [-0.2, 0) is 6.54 Å². The molecule has 0 radical (unpaired) electrons. The number of anilines is 1. The van der Waals surface area contributed by atoms with Gasteiger partial charge in [-0.15, -0.1) is 0 Å². The summed E-state index contributed by atoms with van der Waals surface area (Å²) in [5, 5.41) is 2.77. The van der Waals surface area contributed by atoms with Crippen LogP contribution < -0.4 is 5.32 Å². The fourth-order valence-electron chi connectivity index (χ4n) is 2.90. The molecular weight excluding hydrogens is 412 g/mol. The fraction of sp³-hybridized carbons (Fsp3) is 0.0500. The number of hydrogen-bond donors (Lipinski definition) is 1. The number of nitrogens with zero attached hydrogens (tertiary/aromatic N) is 1. The van der Waals surface area contributed by atoms with Crippen LogP contribution in [-0.4, -0.2) is 22.6 Å². The van der Waals surface area contributed by atoms with Crippen LogP contribution in [0.5, 0.6) is 0 Å². The zero-order valence-corrected chi connectivity index (χ0v) is 15.5. The molecule has 0 bridgehead atoms. The van der Waals surface area contributed by atoms with E-state index in [1.54, 1.807) is 30.3 Å². The highest BCUT2D eigenvalue weighted by Gasteiger charge is 2.36. The van der Waals surface area contributed by atoms with E-state index in [1.165, 1.54) is 24.5 Å². The predicted octanol–water partition coefficient (Wildman–Crippen LogP) is 4.09. The maximum absolute atomic E-state index is 12.6. The molecule has 1 aromatic heterocycles. The van der Waals surface area contributed by atoms with Gasteiger partial charge in [0.15, 0.2) is 0 Å². The topological polar surface area (TPSA) is 79.6 Å². The smallest absolute Gasteiger partial charge is 0.261 e. The summed E-state index contributed by atoms with van der Waals surface area (Å²) < 4.78 is 6.05. The maximum atomic E-state index is 12.6. The monoisotopic (exact) mass is 424 g/mol. The van der Waals surface area contributed by atoms with Gasteiger partial charge in [-0.25, -0.2) is 0 Å². The minimum atomic E-state index is -0.441. The molecule has 2 heterocycles. The zero-order chi connectivity index (χ0) is 19.0. The van der Waals surface area contributed by atoms with Gasteiger partial charge in [0.25, 0.3) is 17.7 Å². The summed E-state index contributed by atoms with van der Waals surface area (Å²) in [6, 6.07) is 15.1. The number of carbonyl (C=O) groups is 3. The number of fused-ring (bicyclic) bond motifs is 1. The van der Waals surface area contributed by atoms with Crippen molar-refractivity contribution < 1.29 is 18.8 Å². The third-order valence-electron chi connectivity index (χ3n) is 4.21. The van der Waals surface area contributed by atoms with Gasteiger partial charge >= 0.3 is 0 Å². The van der Waals surface area contributed by atoms with E-state index in [1.807, 2.05) is 6.07 Å². The second-order valence-electron chi connectivity index (χ2n) is 6.00. The van der Waals surface area contributed by atoms with Crippen molar-refractivity contribution in [1.29, 1.82) is 0 Å². The number of hydrogen-bond acceptors (Lipinski definition) is 4. The predicted molar refractivity (Wildman–Crippen MR) is 101 cm³/mol. The highest BCUT2D eigenvalue weighted by atomic mass is 79.9. The van der Waals surface area contributed by atoms with E-state index < -0.39 is 11.8 Å². The second-order valence-corrected chi connectivity index (χ2v) is 6.92. The van der Waals surface area contributed by atoms with E-state index in [-0.39, 0.29) is 23.6 Å². The number of imide groups is 1. The van der Waals surface area contributed by atoms with Crippen LogP contribution in [0.1, 0.15) is 36.8 Å². The van der Waals surface area contributed by atoms with Crippen LogP contribution in [0.3, 0.4) is 0 Å². The molecule has 3 aromatic rings. The molecule has 0 fully saturated rings. The molecule has 2 aromatic carbocycles. The van der Waals surface area contributed by atoms with Crippen molar-refractivity contribution in [3.8, 4) is 0 Å². The van der Waals surface area contributed by atoms with Gasteiger partial charge in [-0.1, -0.05) is 22.0 Å². The molecule has 0 saturated heterocycles. The lowest BCUT2D eigenvalue weighted by Crippen LogP contribution is -2.28. The SMILES string of the molecule is O=C(Nc1cccc(Br)c1)c1ccc2c(c1)C(=O)N(Cc1ccco1)C2=O. The quantitative estimate of drug-likeness (QED) is 0.639. The third kappa shape index (κ3) is 3.29. The van der Waals surface area contributed by atoms with Crippen molar-refractivity contribution in [1.82, 2.24) is 4.90 Å². The standard InChI is InChI=1S/C20H13BrN2O4/c21-13-3-1-4-14(10-13)22-18(24)12-6-7-16-17(9-12)20(26)23(19(16)25)11-15-5-2-8-27-15/h1-10H,11H2,(H,22,24). The lowest BCUT2D eigenvalue weighted by molar-refractivity contribution is 0.0631. The van der Waals surface area contributed by atoms with Gasteiger partial charge in [0.1, 0.15) is 5.76 Å². The lowest BCUT2D eigenvalue weighted by atomic mass is 10.1.